The first-order chi connectivity index (χ1) is 21.4. The van der Waals surface area contributed by atoms with Gasteiger partial charge in [-0.3, -0.25) is 9.69 Å². The molecule has 3 aromatic heterocycles. The summed E-state index contributed by atoms with van der Waals surface area (Å²) in [6.45, 7) is 5.59. The molecule has 2 aliphatic rings. The lowest BCUT2D eigenvalue weighted by Crippen LogP contribution is -2.22. The largest absolute Gasteiger partial charge is 0.310 e. The van der Waals surface area contributed by atoms with E-state index < -0.39 is 11.7 Å². The molecule has 4 heterocycles. The van der Waals surface area contributed by atoms with Gasteiger partial charge in [0.2, 0.25) is 0 Å². The molecule has 7 rings (SSSR count). The molecule has 0 bridgehead atoms. The molecule has 220 valence electrons. The standard InChI is InChI=1S/C33H30FN9O/c1-20(2)42-19-37-40-32(42)27-8-5-9-30(38-27)39-33(44)25-13-28-24(12-26(25)34)16-41(15-23-7-4-3-6-22(23)14-35)17-29-31(21-10-11-21)36-18-43(28)29/h3-9,12-13,18-21H,10-11,15-17H2,1-2H3,(H,38,39,44). The predicted octanol–water partition coefficient (Wildman–Crippen LogP) is 5.76. The van der Waals surface area contributed by atoms with Gasteiger partial charge in [0.15, 0.2) is 5.82 Å². The van der Waals surface area contributed by atoms with Gasteiger partial charge in [0.1, 0.15) is 23.7 Å². The molecule has 1 fully saturated rings. The molecule has 1 aliphatic heterocycles. The van der Waals surface area contributed by atoms with Gasteiger partial charge in [-0.25, -0.2) is 14.4 Å². The van der Waals surface area contributed by atoms with Crippen molar-refractivity contribution >= 4 is 11.7 Å². The molecule has 44 heavy (non-hydrogen) atoms. The SMILES string of the molecule is CC(C)n1cnnc1-c1cccc(NC(=O)c2cc3c(cc2F)CN(Cc2ccccc2C#N)Cc2c(C4CC4)ncn2-3)n1. The highest BCUT2D eigenvalue weighted by Crippen LogP contribution is 2.42. The van der Waals surface area contributed by atoms with Crippen molar-refractivity contribution in [2.45, 2.75) is 58.3 Å². The summed E-state index contributed by atoms with van der Waals surface area (Å²) in [4.78, 5) is 25.0. The minimum atomic E-state index is -0.625. The highest BCUT2D eigenvalue weighted by Gasteiger charge is 2.33. The lowest BCUT2D eigenvalue weighted by atomic mass is 10.1. The van der Waals surface area contributed by atoms with Crippen molar-refractivity contribution in [2.75, 3.05) is 5.32 Å². The average molecular weight is 588 g/mol. The summed E-state index contributed by atoms with van der Waals surface area (Å²) in [7, 11) is 0. The number of imidazole rings is 1. The zero-order valence-electron chi connectivity index (χ0n) is 24.4. The van der Waals surface area contributed by atoms with Gasteiger partial charge < -0.3 is 14.5 Å². The van der Waals surface area contributed by atoms with Crippen LogP contribution in [-0.4, -0.2) is 40.1 Å². The maximum atomic E-state index is 15.7. The summed E-state index contributed by atoms with van der Waals surface area (Å²) in [6, 6.07) is 18.2. The number of pyridine rings is 1. The van der Waals surface area contributed by atoms with Gasteiger partial charge in [-0.2, -0.15) is 5.26 Å². The van der Waals surface area contributed by atoms with Crippen molar-refractivity contribution in [1.29, 1.82) is 5.26 Å². The van der Waals surface area contributed by atoms with Gasteiger partial charge in [-0.15, -0.1) is 10.2 Å². The van der Waals surface area contributed by atoms with Crippen LogP contribution in [0.3, 0.4) is 0 Å². The van der Waals surface area contributed by atoms with E-state index in [-0.39, 0.29) is 17.4 Å². The number of nitriles is 1. The molecule has 0 spiro atoms. The number of nitrogens with zero attached hydrogens (tertiary/aromatic N) is 8. The van der Waals surface area contributed by atoms with Crippen molar-refractivity contribution < 1.29 is 9.18 Å². The normalized spacial score (nSPS) is 14.5. The summed E-state index contributed by atoms with van der Waals surface area (Å²) in [5, 5.41) is 20.6. The third kappa shape index (κ3) is 5.14. The van der Waals surface area contributed by atoms with Crippen molar-refractivity contribution in [1.82, 2.24) is 34.2 Å². The predicted molar refractivity (Wildman–Crippen MR) is 161 cm³/mol. The Kier molecular flexibility index (Phi) is 6.98. The summed E-state index contributed by atoms with van der Waals surface area (Å²) in [6.07, 6.45) is 5.60. The molecule has 0 unspecified atom stereocenters. The average Bonchev–Trinajstić information content (AvgIpc) is 3.62. The van der Waals surface area contributed by atoms with Crippen LogP contribution in [0, 0.1) is 17.1 Å². The number of halogens is 1. The van der Waals surface area contributed by atoms with Crippen molar-refractivity contribution in [3.05, 3.63) is 107 Å². The van der Waals surface area contributed by atoms with Crippen LogP contribution in [0.1, 0.15) is 77.1 Å². The van der Waals surface area contributed by atoms with Crippen LogP contribution in [0.25, 0.3) is 17.2 Å². The number of anilines is 1. The second kappa shape index (κ2) is 11.1. The molecular weight excluding hydrogens is 557 g/mol. The molecule has 0 radical (unpaired) electrons. The Balaban J connectivity index is 1.22. The van der Waals surface area contributed by atoms with Crippen LogP contribution in [0.15, 0.2) is 67.3 Å². The van der Waals surface area contributed by atoms with Crippen LogP contribution in [-0.2, 0) is 19.6 Å². The van der Waals surface area contributed by atoms with Crippen molar-refractivity contribution in [2.24, 2.45) is 0 Å². The first kappa shape index (κ1) is 27.6. The molecule has 5 aromatic rings. The fraction of sp³-hybridized carbons (Fsp3) is 0.273. The summed E-state index contributed by atoms with van der Waals surface area (Å²) in [5.74, 6) is 0.0352. The Hall–Kier alpha value is -5.21. The van der Waals surface area contributed by atoms with E-state index in [0.29, 0.717) is 48.3 Å². The van der Waals surface area contributed by atoms with Crippen LogP contribution in [0.4, 0.5) is 10.2 Å². The van der Waals surface area contributed by atoms with Crippen LogP contribution >= 0.6 is 0 Å². The topological polar surface area (TPSA) is 118 Å². The van der Waals surface area contributed by atoms with Gasteiger partial charge in [0.25, 0.3) is 5.91 Å². The first-order valence-corrected chi connectivity index (χ1v) is 14.7. The maximum Gasteiger partial charge on any atom is 0.259 e. The van der Waals surface area contributed by atoms with Crippen LogP contribution < -0.4 is 5.32 Å². The molecule has 0 atom stereocenters. The van der Waals surface area contributed by atoms with E-state index in [1.165, 1.54) is 6.07 Å². The van der Waals surface area contributed by atoms with Crippen LogP contribution in [0.2, 0.25) is 0 Å². The smallest absolute Gasteiger partial charge is 0.259 e. The lowest BCUT2D eigenvalue weighted by molar-refractivity contribution is 0.102. The zero-order valence-corrected chi connectivity index (χ0v) is 24.4. The number of benzene rings is 2. The molecule has 0 saturated heterocycles. The van der Waals surface area contributed by atoms with E-state index in [9.17, 15) is 10.1 Å². The Morgan fingerprint density at radius 1 is 1.11 bits per heavy atom. The number of rotatable bonds is 7. The Morgan fingerprint density at radius 2 is 1.95 bits per heavy atom. The minimum absolute atomic E-state index is 0.0859. The number of hydrogen-bond donors (Lipinski definition) is 1. The number of carbonyl (C=O) groups excluding carboxylic acids is 1. The molecule has 10 nitrogen and oxygen atoms in total. The van der Waals surface area contributed by atoms with Gasteiger partial charge in [-0.1, -0.05) is 24.3 Å². The Bertz CT molecular complexity index is 1930. The Labute approximate surface area is 253 Å². The number of amides is 1. The molecule has 11 heteroatoms. The second-order valence-corrected chi connectivity index (χ2v) is 11.6. The Morgan fingerprint density at radius 3 is 2.75 bits per heavy atom. The molecular formula is C33H30FN9O. The van der Waals surface area contributed by atoms with E-state index in [2.05, 4.69) is 31.5 Å². The highest BCUT2D eigenvalue weighted by atomic mass is 19.1. The lowest BCUT2D eigenvalue weighted by Gasteiger charge is -2.21. The fourth-order valence-corrected chi connectivity index (χ4v) is 5.82. The number of fused-ring (bicyclic) bond motifs is 3. The maximum absolute atomic E-state index is 15.7. The summed E-state index contributed by atoms with van der Waals surface area (Å²) in [5.41, 5.74) is 5.52. The number of carbonyl (C=O) groups is 1. The number of nitrogens with one attached hydrogen (secondary N) is 1. The summed E-state index contributed by atoms with van der Waals surface area (Å²) >= 11 is 0. The first-order valence-electron chi connectivity index (χ1n) is 14.7. The summed E-state index contributed by atoms with van der Waals surface area (Å²) < 4.78 is 19.6. The second-order valence-electron chi connectivity index (χ2n) is 11.6. The van der Waals surface area contributed by atoms with E-state index >= 15 is 4.39 Å². The number of hydrogen-bond acceptors (Lipinski definition) is 7. The third-order valence-electron chi connectivity index (χ3n) is 8.18. The van der Waals surface area contributed by atoms with Gasteiger partial charge in [0.05, 0.1) is 40.6 Å². The molecule has 1 saturated carbocycles. The minimum Gasteiger partial charge on any atom is -0.310 e. The highest BCUT2D eigenvalue weighted by molar-refractivity contribution is 6.04. The molecule has 1 amide bonds. The van der Waals surface area contributed by atoms with Crippen molar-refractivity contribution in [3.8, 4) is 23.3 Å². The zero-order chi connectivity index (χ0) is 30.4. The quantitative estimate of drug-likeness (QED) is 0.257. The third-order valence-corrected chi connectivity index (χ3v) is 8.18. The van der Waals surface area contributed by atoms with Gasteiger partial charge in [0, 0.05) is 31.6 Å². The van der Waals surface area contributed by atoms with E-state index in [0.717, 1.165) is 35.4 Å². The van der Waals surface area contributed by atoms with E-state index in [1.54, 1.807) is 36.9 Å². The van der Waals surface area contributed by atoms with Gasteiger partial charge in [-0.05, 0) is 68.1 Å². The van der Waals surface area contributed by atoms with E-state index in [1.807, 2.05) is 47.2 Å². The number of aromatic nitrogens is 6. The molecule has 2 aromatic carbocycles. The van der Waals surface area contributed by atoms with Crippen LogP contribution in [0.5, 0.6) is 0 Å². The fourth-order valence-electron chi connectivity index (χ4n) is 5.82. The van der Waals surface area contributed by atoms with Crippen molar-refractivity contribution in [3.63, 3.8) is 0 Å². The van der Waals surface area contributed by atoms with E-state index in [4.69, 9.17) is 4.98 Å². The van der Waals surface area contributed by atoms with Gasteiger partial charge >= 0.3 is 0 Å². The monoisotopic (exact) mass is 587 g/mol. The molecule has 1 N–H and O–H groups in total. The molecule has 1 aliphatic carbocycles.